The zero-order chi connectivity index (χ0) is 16.5. The Labute approximate surface area is 142 Å². The number of nitrogens with one attached hydrogen (secondary N) is 2. The molecule has 2 rings (SSSR count). The van der Waals surface area contributed by atoms with Gasteiger partial charge in [-0.3, -0.25) is 4.99 Å². The van der Waals surface area contributed by atoms with Gasteiger partial charge >= 0.3 is 0 Å². The normalized spacial score (nSPS) is 11.3. The summed E-state index contributed by atoms with van der Waals surface area (Å²) in [6.45, 7) is 3.82. The highest BCUT2D eigenvalue weighted by Gasteiger charge is 2.02. The molecule has 1 aromatic heterocycles. The van der Waals surface area contributed by atoms with Gasteiger partial charge in [0.25, 0.3) is 0 Å². The fourth-order valence-corrected chi connectivity index (χ4v) is 3.15. The van der Waals surface area contributed by atoms with Crippen LogP contribution in [-0.4, -0.2) is 26.7 Å². The molecule has 5 heteroatoms. The first-order valence-electron chi connectivity index (χ1n) is 7.90. The van der Waals surface area contributed by atoms with Gasteiger partial charge in [-0.2, -0.15) is 0 Å². The molecular formula is C18H25N3OS. The molecule has 0 atom stereocenters. The van der Waals surface area contributed by atoms with E-state index in [4.69, 9.17) is 4.74 Å². The van der Waals surface area contributed by atoms with Gasteiger partial charge in [-0.25, -0.2) is 0 Å². The predicted molar refractivity (Wildman–Crippen MR) is 98.6 cm³/mol. The summed E-state index contributed by atoms with van der Waals surface area (Å²) in [6, 6.07) is 12.5. The first-order valence-corrected chi connectivity index (χ1v) is 8.71. The smallest absolute Gasteiger partial charge is 0.191 e. The highest BCUT2D eigenvalue weighted by atomic mass is 32.1. The van der Waals surface area contributed by atoms with Crippen molar-refractivity contribution in [3.63, 3.8) is 0 Å². The predicted octanol–water partition coefficient (Wildman–Crippen LogP) is 3.23. The molecule has 0 aliphatic heterocycles. The van der Waals surface area contributed by atoms with Crippen LogP contribution in [0.25, 0.3) is 0 Å². The highest BCUT2D eigenvalue weighted by molar-refractivity contribution is 7.11. The van der Waals surface area contributed by atoms with Gasteiger partial charge in [-0.05, 0) is 42.7 Å². The standard InChI is InChI=1S/C18H25N3OS/c1-4-16-8-9-17(23-16)13-21-18(19-2)20-11-10-14-6-5-7-15(12-14)22-3/h5-9,12H,4,10-11,13H2,1-3H3,(H2,19,20,21). The van der Waals surface area contributed by atoms with Crippen molar-refractivity contribution >= 4 is 17.3 Å². The SMILES string of the molecule is CCc1ccc(CNC(=NC)NCCc2cccc(OC)c2)s1. The monoisotopic (exact) mass is 331 g/mol. The molecule has 0 saturated heterocycles. The summed E-state index contributed by atoms with van der Waals surface area (Å²) in [5, 5.41) is 6.71. The van der Waals surface area contributed by atoms with E-state index in [9.17, 15) is 0 Å². The zero-order valence-corrected chi connectivity index (χ0v) is 14.9. The molecule has 0 bridgehead atoms. The van der Waals surface area contributed by atoms with Crippen molar-refractivity contribution in [1.29, 1.82) is 0 Å². The largest absolute Gasteiger partial charge is 0.497 e. The van der Waals surface area contributed by atoms with Crippen molar-refractivity contribution in [2.75, 3.05) is 20.7 Å². The molecule has 0 radical (unpaired) electrons. The third-order valence-corrected chi connectivity index (χ3v) is 4.79. The van der Waals surface area contributed by atoms with Gasteiger partial charge in [-0.15, -0.1) is 11.3 Å². The van der Waals surface area contributed by atoms with E-state index in [1.807, 2.05) is 23.5 Å². The lowest BCUT2D eigenvalue weighted by Crippen LogP contribution is -2.37. The molecule has 0 unspecified atom stereocenters. The fourth-order valence-electron chi connectivity index (χ4n) is 2.25. The number of rotatable bonds is 7. The molecule has 0 fully saturated rings. The lowest BCUT2D eigenvalue weighted by atomic mass is 10.1. The second-order valence-corrected chi connectivity index (χ2v) is 6.43. The first kappa shape index (κ1) is 17.3. The van der Waals surface area contributed by atoms with E-state index in [1.54, 1.807) is 14.2 Å². The van der Waals surface area contributed by atoms with Crippen LogP contribution in [0, 0.1) is 0 Å². The van der Waals surface area contributed by atoms with Crippen LogP contribution in [0.1, 0.15) is 22.2 Å². The van der Waals surface area contributed by atoms with Crippen molar-refractivity contribution < 1.29 is 4.74 Å². The van der Waals surface area contributed by atoms with Crippen molar-refractivity contribution in [3.05, 3.63) is 51.7 Å². The molecule has 23 heavy (non-hydrogen) atoms. The maximum atomic E-state index is 5.25. The lowest BCUT2D eigenvalue weighted by molar-refractivity contribution is 0.414. The van der Waals surface area contributed by atoms with E-state index in [-0.39, 0.29) is 0 Å². The molecule has 2 N–H and O–H groups in total. The Hall–Kier alpha value is -2.01. The third-order valence-electron chi connectivity index (χ3n) is 3.56. The van der Waals surface area contributed by atoms with Crippen molar-refractivity contribution in [1.82, 2.24) is 10.6 Å². The van der Waals surface area contributed by atoms with Gasteiger partial charge in [0.2, 0.25) is 0 Å². The minimum Gasteiger partial charge on any atom is -0.497 e. The number of methoxy groups -OCH3 is 1. The second-order valence-electron chi connectivity index (χ2n) is 5.18. The molecule has 0 amide bonds. The molecule has 1 aromatic carbocycles. The first-order chi connectivity index (χ1) is 11.2. The summed E-state index contributed by atoms with van der Waals surface area (Å²) in [5.41, 5.74) is 1.25. The lowest BCUT2D eigenvalue weighted by Gasteiger charge is -2.11. The third kappa shape index (κ3) is 5.60. The van der Waals surface area contributed by atoms with Crippen LogP contribution in [0.5, 0.6) is 5.75 Å². The van der Waals surface area contributed by atoms with E-state index < -0.39 is 0 Å². The Morgan fingerprint density at radius 2 is 2.00 bits per heavy atom. The molecule has 124 valence electrons. The van der Waals surface area contributed by atoms with Crippen LogP contribution in [0.2, 0.25) is 0 Å². The average Bonchev–Trinajstić information content (AvgIpc) is 3.06. The van der Waals surface area contributed by atoms with Gasteiger partial charge in [0.1, 0.15) is 5.75 Å². The number of guanidine groups is 1. The van der Waals surface area contributed by atoms with Crippen molar-refractivity contribution in [3.8, 4) is 5.75 Å². The summed E-state index contributed by atoms with van der Waals surface area (Å²) < 4.78 is 5.25. The summed E-state index contributed by atoms with van der Waals surface area (Å²) >= 11 is 1.85. The van der Waals surface area contributed by atoms with Crippen LogP contribution in [-0.2, 0) is 19.4 Å². The average molecular weight is 331 g/mol. The second kappa shape index (κ2) is 9.20. The van der Waals surface area contributed by atoms with Crippen molar-refractivity contribution in [2.45, 2.75) is 26.3 Å². The number of nitrogens with zero attached hydrogens (tertiary/aromatic N) is 1. The number of benzene rings is 1. The fraction of sp³-hybridized carbons (Fsp3) is 0.389. The number of ether oxygens (including phenoxy) is 1. The quantitative estimate of drug-likeness (QED) is 0.605. The summed E-state index contributed by atoms with van der Waals surface area (Å²) in [4.78, 5) is 7.02. The Balaban J connectivity index is 1.76. The van der Waals surface area contributed by atoms with E-state index in [1.165, 1.54) is 15.3 Å². The number of thiophene rings is 1. The Morgan fingerprint density at radius 1 is 1.17 bits per heavy atom. The van der Waals surface area contributed by atoms with Crippen LogP contribution < -0.4 is 15.4 Å². The molecule has 0 saturated carbocycles. The number of aryl methyl sites for hydroxylation is 1. The number of hydrogen-bond acceptors (Lipinski definition) is 3. The Morgan fingerprint density at radius 3 is 2.70 bits per heavy atom. The van der Waals surface area contributed by atoms with Gasteiger partial charge in [-0.1, -0.05) is 19.1 Å². The Kier molecular flexibility index (Phi) is 6.94. The van der Waals surface area contributed by atoms with Gasteiger partial charge in [0.15, 0.2) is 5.96 Å². The molecule has 2 aromatic rings. The summed E-state index contributed by atoms with van der Waals surface area (Å²) in [7, 11) is 3.49. The minimum atomic E-state index is 0.809. The van der Waals surface area contributed by atoms with E-state index in [0.717, 1.165) is 37.6 Å². The van der Waals surface area contributed by atoms with E-state index in [2.05, 4.69) is 46.8 Å². The van der Waals surface area contributed by atoms with E-state index >= 15 is 0 Å². The highest BCUT2D eigenvalue weighted by Crippen LogP contribution is 2.16. The molecule has 1 heterocycles. The van der Waals surface area contributed by atoms with Crippen LogP contribution in [0.4, 0.5) is 0 Å². The molecule has 0 aliphatic carbocycles. The van der Waals surface area contributed by atoms with Crippen LogP contribution in [0.15, 0.2) is 41.4 Å². The maximum Gasteiger partial charge on any atom is 0.191 e. The molecule has 0 spiro atoms. The zero-order valence-electron chi connectivity index (χ0n) is 14.1. The topological polar surface area (TPSA) is 45.7 Å². The molecule has 0 aliphatic rings. The van der Waals surface area contributed by atoms with Crippen LogP contribution in [0.3, 0.4) is 0 Å². The van der Waals surface area contributed by atoms with Crippen LogP contribution >= 0.6 is 11.3 Å². The minimum absolute atomic E-state index is 0.809. The van der Waals surface area contributed by atoms with Gasteiger partial charge in [0.05, 0.1) is 13.7 Å². The maximum absolute atomic E-state index is 5.25. The van der Waals surface area contributed by atoms with Crippen molar-refractivity contribution in [2.24, 2.45) is 4.99 Å². The summed E-state index contributed by atoms with van der Waals surface area (Å²) in [5.74, 6) is 1.73. The van der Waals surface area contributed by atoms with E-state index in [0.29, 0.717) is 0 Å². The number of hydrogen-bond donors (Lipinski definition) is 2. The molecular weight excluding hydrogens is 306 g/mol. The summed E-state index contributed by atoms with van der Waals surface area (Å²) in [6.07, 6.45) is 2.02. The van der Waals surface area contributed by atoms with Gasteiger partial charge < -0.3 is 15.4 Å². The number of aliphatic imine (C=N–C) groups is 1. The Bertz CT molecular complexity index is 637. The molecule has 4 nitrogen and oxygen atoms in total. The van der Waals surface area contributed by atoms with Gasteiger partial charge in [0, 0.05) is 23.3 Å².